The maximum absolute atomic E-state index is 5.76. The van der Waals surface area contributed by atoms with Crippen LogP contribution in [0.3, 0.4) is 0 Å². The van der Waals surface area contributed by atoms with Gasteiger partial charge in [-0.05, 0) is 29.7 Å². The standard InChI is InChI=1S/C10H9N.C7H7N/c11-10-7-3-5-8-4-1-2-6-9(8)10;1-2-7-5-3-4-6-8-7/h1-7H,11H2;2-6H,1H2. The zero-order valence-electron chi connectivity index (χ0n) is 10.7. The van der Waals surface area contributed by atoms with E-state index in [-0.39, 0.29) is 0 Å². The van der Waals surface area contributed by atoms with Crippen molar-refractivity contribution in [1.82, 2.24) is 4.98 Å². The van der Waals surface area contributed by atoms with Crippen LogP contribution in [0.1, 0.15) is 5.69 Å². The number of nitrogens with two attached hydrogens (primary N) is 1. The van der Waals surface area contributed by atoms with E-state index in [1.807, 2.05) is 48.5 Å². The van der Waals surface area contributed by atoms with Crippen molar-refractivity contribution in [3.63, 3.8) is 0 Å². The summed E-state index contributed by atoms with van der Waals surface area (Å²) < 4.78 is 0. The summed E-state index contributed by atoms with van der Waals surface area (Å²) in [5, 5.41) is 2.34. The number of hydrogen-bond donors (Lipinski definition) is 1. The fourth-order valence-electron chi connectivity index (χ4n) is 1.75. The second-order valence-corrected chi connectivity index (χ2v) is 4.03. The van der Waals surface area contributed by atoms with Crippen LogP contribution in [0.25, 0.3) is 16.8 Å². The second-order valence-electron chi connectivity index (χ2n) is 4.03. The number of rotatable bonds is 1. The van der Waals surface area contributed by atoms with E-state index in [0.29, 0.717) is 0 Å². The molecule has 0 atom stereocenters. The molecule has 0 spiro atoms. The maximum Gasteiger partial charge on any atom is 0.0623 e. The Morgan fingerprint density at radius 2 is 1.63 bits per heavy atom. The van der Waals surface area contributed by atoms with Crippen LogP contribution in [0.5, 0.6) is 0 Å². The largest absolute Gasteiger partial charge is 0.398 e. The number of pyridine rings is 1. The molecule has 94 valence electrons. The number of nitrogen functional groups attached to an aromatic ring is 1. The predicted molar refractivity (Wildman–Crippen MR) is 82.7 cm³/mol. The lowest BCUT2D eigenvalue weighted by Gasteiger charge is -1.98. The van der Waals surface area contributed by atoms with Crippen LogP contribution < -0.4 is 5.73 Å². The van der Waals surface area contributed by atoms with Crippen LogP contribution in [-0.4, -0.2) is 4.98 Å². The fraction of sp³-hybridized carbons (Fsp3) is 0. The van der Waals surface area contributed by atoms with Crippen molar-refractivity contribution in [3.8, 4) is 0 Å². The molecular weight excluding hydrogens is 232 g/mol. The minimum atomic E-state index is 0.850. The van der Waals surface area contributed by atoms with Crippen molar-refractivity contribution in [1.29, 1.82) is 0 Å². The summed E-state index contributed by atoms with van der Waals surface area (Å²) in [5.74, 6) is 0. The van der Waals surface area contributed by atoms with Gasteiger partial charge in [-0.2, -0.15) is 0 Å². The Balaban J connectivity index is 0.000000148. The lowest BCUT2D eigenvalue weighted by molar-refractivity contribution is 1.30. The molecule has 2 aromatic carbocycles. The van der Waals surface area contributed by atoms with Gasteiger partial charge in [-0.1, -0.05) is 49.0 Å². The third-order valence-electron chi connectivity index (χ3n) is 2.72. The summed E-state index contributed by atoms with van der Waals surface area (Å²) in [7, 11) is 0. The van der Waals surface area contributed by atoms with Crippen molar-refractivity contribution >= 4 is 22.5 Å². The van der Waals surface area contributed by atoms with Gasteiger partial charge in [0.15, 0.2) is 0 Å². The molecule has 0 radical (unpaired) electrons. The molecule has 0 fully saturated rings. The Morgan fingerprint density at radius 3 is 2.26 bits per heavy atom. The molecule has 0 aliphatic rings. The van der Waals surface area contributed by atoms with Crippen LogP contribution in [0.15, 0.2) is 73.4 Å². The molecule has 0 saturated heterocycles. The monoisotopic (exact) mass is 248 g/mol. The van der Waals surface area contributed by atoms with Crippen LogP contribution in [0.2, 0.25) is 0 Å². The Morgan fingerprint density at radius 1 is 0.895 bits per heavy atom. The molecule has 19 heavy (non-hydrogen) atoms. The minimum Gasteiger partial charge on any atom is -0.398 e. The first-order valence-corrected chi connectivity index (χ1v) is 6.08. The summed E-state index contributed by atoms with van der Waals surface area (Å²) >= 11 is 0. The molecule has 0 aliphatic carbocycles. The van der Waals surface area contributed by atoms with E-state index in [0.717, 1.165) is 16.8 Å². The van der Waals surface area contributed by atoms with Gasteiger partial charge >= 0.3 is 0 Å². The highest BCUT2D eigenvalue weighted by Gasteiger charge is 1.92. The Bertz CT molecular complexity index is 655. The van der Waals surface area contributed by atoms with E-state index >= 15 is 0 Å². The van der Waals surface area contributed by atoms with Gasteiger partial charge in [-0.15, -0.1) is 0 Å². The first-order chi connectivity index (χ1) is 9.31. The summed E-state index contributed by atoms with van der Waals surface area (Å²) in [6, 6.07) is 19.8. The van der Waals surface area contributed by atoms with Crippen molar-refractivity contribution < 1.29 is 0 Å². The number of aromatic nitrogens is 1. The number of nitrogens with zero attached hydrogens (tertiary/aromatic N) is 1. The van der Waals surface area contributed by atoms with Gasteiger partial charge < -0.3 is 5.73 Å². The molecule has 2 nitrogen and oxygen atoms in total. The van der Waals surface area contributed by atoms with Gasteiger partial charge in [0, 0.05) is 17.3 Å². The molecule has 0 bridgehead atoms. The van der Waals surface area contributed by atoms with Gasteiger partial charge in [0.25, 0.3) is 0 Å². The summed E-state index contributed by atoms with van der Waals surface area (Å²) in [6.07, 6.45) is 3.47. The average molecular weight is 248 g/mol. The molecule has 2 heteroatoms. The molecular formula is C17H16N2. The summed E-state index contributed by atoms with van der Waals surface area (Å²) in [5.41, 5.74) is 7.53. The maximum atomic E-state index is 5.76. The van der Waals surface area contributed by atoms with Crippen molar-refractivity contribution in [2.45, 2.75) is 0 Å². The first kappa shape index (κ1) is 12.8. The van der Waals surface area contributed by atoms with Crippen LogP contribution >= 0.6 is 0 Å². The molecule has 1 aromatic heterocycles. The number of hydrogen-bond acceptors (Lipinski definition) is 2. The fourth-order valence-corrected chi connectivity index (χ4v) is 1.75. The molecule has 0 amide bonds. The molecule has 3 aromatic rings. The van der Waals surface area contributed by atoms with Gasteiger partial charge in [0.05, 0.1) is 5.69 Å². The third-order valence-corrected chi connectivity index (χ3v) is 2.72. The molecule has 0 saturated carbocycles. The lowest BCUT2D eigenvalue weighted by Crippen LogP contribution is -1.84. The molecule has 0 aliphatic heterocycles. The Kier molecular flexibility index (Phi) is 4.29. The molecule has 0 unspecified atom stereocenters. The molecule has 3 rings (SSSR count). The summed E-state index contributed by atoms with van der Waals surface area (Å²) in [6.45, 7) is 3.57. The van der Waals surface area contributed by atoms with Crippen LogP contribution in [0, 0.1) is 0 Å². The van der Waals surface area contributed by atoms with E-state index in [2.05, 4.69) is 23.7 Å². The average Bonchev–Trinajstić information content (AvgIpc) is 2.49. The third kappa shape index (κ3) is 3.42. The normalized spacial score (nSPS) is 9.47. The van der Waals surface area contributed by atoms with Crippen molar-refractivity contribution in [3.05, 3.63) is 79.1 Å². The van der Waals surface area contributed by atoms with E-state index in [1.165, 1.54) is 5.39 Å². The van der Waals surface area contributed by atoms with Crippen molar-refractivity contribution in [2.75, 3.05) is 5.73 Å². The number of fused-ring (bicyclic) bond motifs is 1. The van der Waals surface area contributed by atoms with E-state index in [4.69, 9.17) is 5.73 Å². The van der Waals surface area contributed by atoms with Gasteiger partial charge in [-0.3, -0.25) is 4.98 Å². The highest BCUT2D eigenvalue weighted by Crippen LogP contribution is 2.19. The van der Waals surface area contributed by atoms with Crippen LogP contribution in [0.4, 0.5) is 5.69 Å². The molecule has 2 N–H and O–H groups in total. The van der Waals surface area contributed by atoms with Gasteiger partial charge in [-0.25, -0.2) is 0 Å². The van der Waals surface area contributed by atoms with E-state index < -0.39 is 0 Å². The zero-order chi connectivity index (χ0) is 13.5. The predicted octanol–water partition coefficient (Wildman–Crippen LogP) is 4.15. The zero-order valence-corrected chi connectivity index (χ0v) is 10.7. The highest BCUT2D eigenvalue weighted by atomic mass is 14.6. The van der Waals surface area contributed by atoms with Crippen molar-refractivity contribution in [2.24, 2.45) is 0 Å². The number of anilines is 1. The Hall–Kier alpha value is -2.61. The SMILES string of the molecule is C=Cc1ccccn1.Nc1cccc2ccccc12. The smallest absolute Gasteiger partial charge is 0.0623 e. The lowest BCUT2D eigenvalue weighted by atomic mass is 10.1. The molecule has 1 heterocycles. The summed E-state index contributed by atoms with van der Waals surface area (Å²) in [4.78, 5) is 3.98. The minimum absolute atomic E-state index is 0.850. The van der Waals surface area contributed by atoms with E-state index in [9.17, 15) is 0 Å². The van der Waals surface area contributed by atoms with Gasteiger partial charge in [0.2, 0.25) is 0 Å². The quantitative estimate of drug-likeness (QED) is 0.657. The van der Waals surface area contributed by atoms with Crippen LogP contribution in [-0.2, 0) is 0 Å². The second kappa shape index (κ2) is 6.36. The number of benzene rings is 2. The Labute approximate surface area is 113 Å². The van der Waals surface area contributed by atoms with Gasteiger partial charge in [0.1, 0.15) is 0 Å². The first-order valence-electron chi connectivity index (χ1n) is 6.08. The topological polar surface area (TPSA) is 38.9 Å². The highest BCUT2D eigenvalue weighted by molar-refractivity contribution is 5.92. The van der Waals surface area contributed by atoms with E-state index in [1.54, 1.807) is 12.3 Å².